The Hall–Kier alpha value is -2.70. The van der Waals surface area contributed by atoms with Gasteiger partial charge in [-0.1, -0.05) is 18.7 Å². The van der Waals surface area contributed by atoms with Crippen LogP contribution in [-0.2, 0) is 14.4 Å². The number of halogens is 1. The quantitative estimate of drug-likeness (QED) is 0.771. The van der Waals surface area contributed by atoms with Gasteiger partial charge >= 0.3 is 0 Å². The molecule has 2 unspecified atom stereocenters. The van der Waals surface area contributed by atoms with Crippen molar-refractivity contribution in [3.63, 3.8) is 0 Å². The number of carbonyl (C=O) groups is 3. The van der Waals surface area contributed by atoms with Crippen LogP contribution < -0.4 is 5.32 Å². The van der Waals surface area contributed by atoms with Gasteiger partial charge in [-0.2, -0.15) is 0 Å². The lowest BCUT2D eigenvalue weighted by molar-refractivity contribution is -0.142. The highest BCUT2D eigenvalue weighted by Gasteiger charge is 2.35. The number of likely N-dealkylation sites (tertiary alicyclic amines) is 2. The van der Waals surface area contributed by atoms with Crippen LogP contribution in [0.4, 0.5) is 4.39 Å². The fourth-order valence-corrected chi connectivity index (χ4v) is 4.12. The SMILES string of the molecule is C=CC(=O)N1CCC(C(=O)NC2CCCN(C(C)c3ccc(F)cc3)C2=O)CC1. The van der Waals surface area contributed by atoms with E-state index in [0.29, 0.717) is 38.9 Å². The lowest BCUT2D eigenvalue weighted by Gasteiger charge is -2.38. The molecule has 2 aliphatic heterocycles. The van der Waals surface area contributed by atoms with Crippen molar-refractivity contribution in [2.24, 2.45) is 5.92 Å². The highest BCUT2D eigenvalue weighted by molar-refractivity contribution is 5.90. The molecule has 7 heteroatoms. The predicted molar refractivity (Wildman–Crippen MR) is 107 cm³/mol. The molecular weight excluding hydrogens is 373 g/mol. The Morgan fingerprint density at radius 2 is 1.83 bits per heavy atom. The van der Waals surface area contributed by atoms with Crippen molar-refractivity contribution >= 4 is 17.7 Å². The second-order valence-electron chi connectivity index (χ2n) is 7.77. The van der Waals surface area contributed by atoms with Crippen LogP contribution in [0.5, 0.6) is 0 Å². The molecule has 2 atom stereocenters. The molecule has 2 aliphatic rings. The summed E-state index contributed by atoms with van der Waals surface area (Å²) in [7, 11) is 0. The normalized spacial score (nSPS) is 21.6. The van der Waals surface area contributed by atoms with Crippen molar-refractivity contribution < 1.29 is 18.8 Å². The van der Waals surface area contributed by atoms with Crippen molar-refractivity contribution in [2.45, 2.75) is 44.7 Å². The van der Waals surface area contributed by atoms with E-state index >= 15 is 0 Å². The van der Waals surface area contributed by atoms with E-state index in [1.165, 1.54) is 18.2 Å². The highest BCUT2D eigenvalue weighted by atomic mass is 19.1. The lowest BCUT2D eigenvalue weighted by Crippen LogP contribution is -2.54. The molecule has 1 aromatic rings. The third-order valence-electron chi connectivity index (χ3n) is 5.96. The Bertz CT molecular complexity index is 772. The fraction of sp³-hybridized carbons (Fsp3) is 0.500. The van der Waals surface area contributed by atoms with Crippen LogP contribution in [0.2, 0.25) is 0 Å². The molecule has 156 valence electrons. The molecule has 0 aromatic heterocycles. The summed E-state index contributed by atoms with van der Waals surface area (Å²) in [5.41, 5.74) is 0.867. The van der Waals surface area contributed by atoms with E-state index in [1.54, 1.807) is 21.9 Å². The van der Waals surface area contributed by atoms with E-state index in [4.69, 9.17) is 0 Å². The van der Waals surface area contributed by atoms with Crippen molar-refractivity contribution in [1.82, 2.24) is 15.1 Å². The van der Waals surface area contributed by atoms with Crippen LogP contribution in [0.25, 0.3) is 0 Å². The van der Waals surface area contributed by atoms with Crippen LogP contribution in [-0.4, -0.2) is 53.2 Å². The van der Waals surface area contributed by atoms with Gasteiger partial charge in [0.2, 0.25) is 17.7 Å². The standard InChI is InChI=1S/C22H28FN3O3/c1-3-20(27)25-13-10-17(11-14-25)21(28)24-19-5-4-12-26(22(19)29)15(2)16-6-8-18(23)9-7-16/h3,6-9,15,17,19H,1,4-5,10-14H2,2H3,(H,24,28). The van der Waals surface area contributed by atoms with E-state index < -0.39 is 6.04 Å². The fourth-order valence-electron chi connectivity index (χ4n) is 4.12. The van der Waals surface area contributed by atoms with Crippen molar-refractivity contribution in [2.75, 3.05) is 19.6 Å². The highest BCUT2D eigenvalue weighted by Crippen LogP contribution is 2.26. The molecule has 0 saturated carbocycles. The summed E-state index contributed by atoms with van der Waals surface area (Å²) in [4.78, 5) is 40.8. The third kappa shape index (κ3) is 4.83. The van der Waals surface area contributed by atoms with Gasteiger partial charge < -0.3 is 15.1 Å². The number of hydrogen-bond acceptors (Lipinski definition) is 3. The van der Waals surface area contributed by atoms with E-state index in [9.17, 15) is 18.8 Å². The summed E-state index contributed by atoms with van der Waals surface area (Å²) in [6, 6.07) is 5.44. The molecule has 2 heterocycles. The second kappa shape index (κ2) is 9.20. The summed E-state index contributed by atoms with van der Waals surface area (Å²) < 4.78 is 13.2. The number of hydrogen-bond donors (Lipinski definition) is 1. The van der Waals surface area contributed by atoms with Gasteiger partial charge in [0.05, 0.1) is 6.04 Å². The first-order valence-corrected chi connectivity index (χ1v) is 10.2. The molecule has 0 radical (unpaired) electrons. The Morgan fingerprint density at radius 3 is 2.45 bits per heavy atom. The summed E-state index contributed by atoms with van der Waals surface area (Å²) >= 11 is 0. The molecule has 1 N–H and O–H groups in total. The molecule has 1 aromatic carbocycles. The van der Waals surface area contributed by atoms with Crippen LogP contribution in [0.15, 0.2) is 36.9 Å². The van der Waals surface area contributed by atoms with E-state index in [0.717, 1.165) is 12.0 Å². The summed E-state index contributed by atoms with van der Waals surface area (Å²) in [6.07, 6.45) is 3.88. The van der Waals surface area contributed by atoms with Crippen LogP contribution in [0.3, 0.4) is 0 Å². The van der Waals surface area contributed by atoms with Crippen molar-refractivity contribution in [3.05, 3.63) is 48.3 Å². The zero-order valence-corrected chi connectivity index (χ0v) is 16.8. The van der Waals surface area contributed by atoms with Crippen LogP contribution in [0, 0.1) is 11.7 Å². The van der Waals surface area contributed by atoms with Gasteiger partial charge in [0, 0.05) is 25.6 Å². The smallest absolute Gasteiger partial charge is 0.245 e. The van der Waals surface area contributed by atoms with Gasteiger partial charge in [-0.3, -0.25) is 14.4 Å². The zero-order valence-electron chi connectivity index (χ0n) is 16.8. The number of amides is 3. The molecule has 3 amide bonds. The average Bonchev–Trinajstić information content (AvgIpc) is 2.74. The Morgan fingerprint density at radius 1 is 1.17 bits per heavy atom. The minimum absolute atomic E-state index is 0.0966. The molecule has 2 saturated heterocycles. The van der Waals surface area contributed by atoms with E-state index in [-0.39, 0.29) is 35.5 Å². The van der Waals surface area contributed by atoms with Gasteiger partial charge in [-0.25, -0.2) is 4.39 Å². The predicted octanol–water partition coefficient (Wildman–Crippen LogP) is 2.42. The molecule has 6 nitrogen and oxygen atoms in total. The monoisotopic (exact) mass is 401 g/mol. The summed E-state index contributed by atoms with van der Waals surface area (Å²) in [5.74, 6) is -0.832. The number of nitrogens with zero attached hydrogens (tertiary/aromatic N) is 2. The van der Waals surface area contributed by atoms with Gasteiger partial charge in [-0.05, 0) is 56.4 Å². The topological polar surface area (TPSA) is 69.7 Å². The Labute approximate surface area is 170 Å². The number of nitrogens with one attached hydrogen (secondary N) is 1. The van der Waals surface area contributed by atoms with Gasteiger partial charge in [0.1, 0.15) is 11.9 Å². The molecule has 0 bridgehead atoms. The molecule has 2 fully saturated rings. The lowest BCUT2D eigenvalue weighted by atomic mass is 9.94. The molecule has 0 aliphatic carbocycles. The maximum Gasteiger partial charge on any atom is 0.245 e. The van der Waals surface area contributed by atoms with Gasteiger partial charge in [-0.15, -0.1) is 0 Å². The maximum atomic E-state index is 13.2. The van der Waals surface area contributed by atoms with E-state index in [2.05, 4.69) is 11.9 Å². The Balaban J connectivity index is 1.57. The third-order valence-corrected chi connectivity index (χ3v) is 5.96. The summed E-state index contributed by atoms with van der Waals surface area (Å²) in [5, 5.41) is 2.93. The molecular formula is C22H28FN3O3. The largest absolute Gasteiger partial charge is 0.344 e. The second-order valence-corrected chi connectivity index (χ2v) is 7.77. The number of benzene rings is 1. The minimum Gasteiger partial charge on any atom is -0.344 e. The number of rotatable bonds is 5. The van der Waals surface area contributed by atoms with Crippen LogP contribution in [0.1, 0.15) is 44.2 Å². The van der Waals surface area contributed by atoms with Crippen molar-refractivity contribution in [1.29, 1.82) is 0 Å². The first-order valence-electron chi connectivity index (χ1n) is 10.2. The molecule has 29 heavy (non-hydrogen) atoms. The van der Waals surface area contributed by atoms with E-state index in [1.807, 2.05) is 6.92 Å². The first kappa shape index (κ1) is 21.0. The molecule has 0 spiro atoms. The number of carbonyl (C=O) groups excluding carboxylic acids is 3. The maximum absolute atomic E-state index is 13.2. The summed E-state index contributed by atoms with van der Waals surface area (Å²) in [6.45, 7) is 7.07. The number of piperidine rings is 2. The van der Waals surface area contributed by atoms with Gasteiger partial charge in [0.15, 0.2) is 0 Å². The van der Waals surface area contributed by atoms with Crippen molar-refractivity contribution in [3.8, 4) is 0 Å². The first-order chi connectivity index (χ1) is 13.9. The molecule has 3 rings (SSSR count). The van der Waals surface area contributed by atoms with Crippen LogP contribution >= 0.6 is 0 Å². The zero-order chi connectivity index (χ0) is 21.0. The average molecular weight is 401 g/mol. The van der Waals surface area contributed by atoms with Gasteiger partial charge in [0.25, 0.3) is 0 Å². The minimum atomic E-state index is -0.535. The Kier molecular flexibility index (Phi) is 6.67.